The van der Waals surface area contributed by atoms with Crippen LogP contribution in [-0.2, 0) is 9.59 Å². The SMILES string of the molecule is COc1ccc(C(NC(=O)CC2CCCCC2)C(=O)O)cc1F. The first kappa shape index (κ1) is 17.2. The molecule has 1 aliphatic carbocycles. The number of carboxylic acids is 1. The molecule has 0 aliphatic heterocycles. The molecule has 5 nitrogen and oxygen atoms in total. The van der Waals surface area contributed by atoms with Gasteiger partial charge >= 0.3 is 5.97 Å². The molecular formula is C17H22FNO4. The van der Waals surface area contributed by atoms with Gasteiger partial charge in [-0.25, -0.2) is 9.18 Å². The van der Waals surface area contributed by atoms with Gasteiger partial charge in [0.2, 0.25) is 5.91 Å². The van der Waals surface area contributed by atoms with Gasteiger partial charge < -0.3 is 15.2 Å². The van der Waals surface area contributed by atoms with E-state index in [1.54, 1.807) is 0 Å². The molecule has 0 saturated heterocycles. The van der Waals surface area contributed by atoms with Gasteiger partial charge in [0.25, 0.3) is 0 Å². The summed E-state index contributed by atoms with van der Waals surface area (Å²) in [7, 11) is 1.33. The van der Waals surface area contributed by atoms with Crippen molar-refractivity contribution in [2.45, 2.75) is 44.6 Å². The van der Waals surface area contributed by atoms with Crippen molar-refractivity contribution in [2.75, 3.05) is 7.11 Å². The van der Waals surface area contributed by atoms with Gasteiger partial charge in [-0.05, 0) is 36.5 Å². The molecule has 126 valence electrons. The zero-order valence-corrected chi connectivity index (χ0v) is 13.2. The van der Waals surface area contributed by atoms with E-state index in [2.05, 4.69) is 5.32 Å². The lowest BCUT2D eigenvalue weighted by atomic mass is 9.87. The Labute approximate surface area is 134 Å². The Morgan fingerprint density at radius 2 is 2.04 bits per heavy atom. The van der Waals surface area contributed by atoms with Crippen LogP contribution in [-0.4, -0.2) is 24.1 Å². The molecule has 0 radical (unpaired) electrons. The van der Waals surface area contributed by atoms with Crippen LogP contribution in [0.3, 0.4) is 0 Å². The zero-order valence-electron chi connectivity index (χ0n) is 13.2. The fourth-order valence-electron chi connectivity index (χ4n) is 3.02. The number of nitrogens with one attached hydrogen (secondary N) is 1. The molecule has 1 unspecified atom stereocenters. The van der Waals surface area contributed by atoms with Crippen LogP contribution in [0.25, 0.3) is 0 Å². The van der Waals surface area contributed by atoms with Gasteiger partial charge in [-0.3, -0.25) is 4.79 Å². The lowest BCUT2D eigenvalue weighted by Crippen LogP contribution is -2.35. The fraction of sp³-hybridized carbons (Fsp3) is 0.529. The van der Waals surface area contributed by atoms with E-state index in [9.17, 15) is 19.1 Å². The summed E-state index contributed by atoms with van der Waals surface area (Å²) in [5.74, 6) is -1.83. The maximum atomic E-state index is 13.8. The van der Waals surface area contributed by atoms with Crippen LogP contribution in [0.4, 0.5) is 4.39 Å². The second-order valence-corrected chi connectivity index (χ2v) is 5.94. The van der Waals surface area contributed by atoms with Crippen LogP contribution < -0.4 is 10.1 Å². The van der Waals surface area contributed by atoms with E-state index in [1.165, 1.54) is 25.7 Å². The molecule has 1 amide bonds. The highest BCUT2D eigenvalue weighted by Crippen LogP contribution is 2.27. The number of carboxylic acid groups (broad SMARTS) is 1. The molecule has 2 rings (SSSR count). The Bertz CT molecular complexity index is 570. The highest BCUT2D eigenvalue weighted by molar-refractivity contribution is 5.84. The highest BCUT2D eigenvalue weighted by Gasteiger charge is 2.25. The summed E-state index contributed by atoms with van der Waals surface area (Å²) in [6.45, 7) is 0. The van der Waals surface area contributed by atoms with Gasteiger partial charge in [0.05, 0.1) is 7.11 Å². The number of carbonyl (C=O) groups is 2. The first-order valence-corrected chi connectivity index (χ1v) is 7.87. The molecule has 23 heavy (non-hydrogen) atoms. The summed E-state index contributed by atoms with van der Waals surface area (Å²) in [4.78, 5) is 23.5. The van der Waals surface area contributed by atoms with Gasteiger partial charge in [-0.15, -0.1) is 0 Å². The first-order chi connectivity index (χ1) is 11.0. The van der Waals surface area contributed by atoms with Crippen molar-refractivity contribution < 1.29 is 23.8 Å². The first-order valence-electron chi connectivity index (χ1n) is 7.87. The number of hydrogen-bond acceptors (Lipinski definition) is 3. The van der Waals surface area contributed by atoms with E-state index >= 15 is 0 Å². The summed E-state index contributed by atoms with van der Waals surface area (Å²) < 4.78 is 18.6. The minimum absolute atomic E-state index is 0.0337. The van der Waals surface area contributed by atoms with Crippen LogP contribution in [0, 0.1) is 11.7 Å². The third kappa shape index (κ3) is 4.68. The van der Waals surface area contributed by atoms with Crippen molar-refractivity contribution >= 4 is 11.9 Å². The summed E-state index contributed by atoms with van der Waals surface area (Å²) >= 11 is 0. The van der Waals surface area contributed by atoms with Gasteiger partial charge in [-0.1, -0.05) is 25.3 Å². The molecule has 1 aromatic rings. The maximum Gasteiger partial charge on any atom is 0.330 e. The molecular weight excluding hydrogens is 301 g/mol. The number of benzene rings is 1. The topological polar surface area (TPSA) is 75.6 Å². The van der Waals surface area contributed by atoms with Crippen molar-refractivity contribution in [1.29, 1.82) is 0 Å². The van der Waals surface area contributed by atoms with Gasteiger partial charge in [-0.2, -0.15) is 0 Å². The number of methoxy groups -OCH3 is 1. The van der Waals surface area contributed by atoms with Gasteiger partial charge in [0.15, 0.2) is 17.6 Å². The molecule has 6 heteroatoms. The van der Waals surface area contributed by atoms with Crippen molar-refractivity contribution in [2.24, 2.45) is 5.92 Å². The third-order valence-corrected chi connectivity index (χ3v) is 4.26. The number of hydrogen-bond donors (Lipinski definition) is 2. The fourth-order valence-corrected chi connectivity index (χ4v) is 3.02. The van der Waals surface area contributed by atoms with Crippen LogP contribution in [0.15, 0.2) is 18.2 Å². The Balaban J connectivity index is 2.04. The monoisotopic (exact) mass is 323 g/mol. The van der Waals surface area contributed by atoms with Crippen molar-refractivity contribution in [3.8, 4) is 5.75 Å². The van der Waals surface area contributed by atoms with Crippen LogP contribution >= 0.6 is 0 Å². The molecule has 2 N–H and O–H groups in total. The molecule has 0 spiro atoms. The molecule has 1 saturated carbocycles. The van der Waals surface area contributed by atoms with E-state index in [0.29, 0.717) is 12.3 Å². The Morgan fingerprint density at radius 3 is 2.61 bits per heavy atom. The normalized spacial score (nSPS) is 16.6. The van der Waals surface area contributed by atoms with Crippen LogP contribution in [0.1, 0.15) is 50.1 Å². The van der Waals surface area contributed by atoms with Crippen molar-refractivity contribution in [1.82, 2.24) is 5.32 Å². The molecule has 0 aromatic heterocycles. The van der Waals surface area contributed by atoms with E-state index in [0.717, 1.165) is 31.7 Å². The van der Waals surface area contributed by atoms with Gasteiger partial charge in [0.1, 0.15) is 0 Å². The lowest BCUT2D eigenvalue weighted by Gasteiger charge is -2.22. The Hall–Kier alpha value is -2.11. The lowest BCUT2D eigenvalue weighted by molar-refractivity contribution is -0.142. The summed E-state index contributed by atoms with van der Waals surface area (Å²) in [6, 6.07) is 2.63. The quantitative estimate of drug-likeness (QED) is 0.843. The molecule has 0 heterocycles. The summed E-state index contributed by atoms with van der Waals surface area (Å²) in [5.41, 5.74) is 0.188. The molecule has 1 aliphatic rings. The second-order valence-electron chi connectivity index (χ2n) is 5.94. The van der Waals surface area contributed by atoms with E-state index < -0.39 is 17.8 Å². The number of halogens is 1. The Morgan fingerprint density at radius 1 is 1.35 bits per heavy atom. The predicted octanol–water partition coefficient (Wildman–Crippen LogP) is 3.05. The average molecular weight is 323 g/mol. The number of amides is 1. The molecule has 0 bridgehead atoms. The standard InChI is InChI=1S/C17H22FNO4/c1-23-14-8-7-12(10-13(14)18)16(17(21)22)19-15(20)9-11-5-3-2-4-6-11/h7-8,10-11,16H,2-6,9H2,1H3,(H,19,20)(H,21,22). The number of carbonyl (C=O) groups excluding carboxylic acids is 1. The van der Waals surface area contributed by atoms with Crippen molar-refractivity contribution in [3.63, 3.8) is 0 Å². The smallest absolute Gasteiger partial charge is 0.330 e. The maximum absolute atomic E-state index is 13.8. The van der Waals surface area contributed by atoms with Crippen LogP contribution in [0.5, 0.6) is 5.75 Å². The van der Waals surface area contributed by atoms with E-state index in [-0.39, 0.29) is 17.2 Å². The van der Waals surface area contributed by atoms with Crippen molar-refractivity contribution in [3.05, 3.63) is 29.6 Å². The summed E-state index contributed by atoms with van der Waals surface area (Å²) in [5, 5.41) is 11.8. The number of aliphatic carboxylic acids is 1. The van der Waals surface area contributed by atoms with E-state index in [4.69, 9.17) is 4.74 Å². The largest absolute Gasteiger partial charge is 0.494 e. The third-order valence-electron chi connectivity index (χ3n) is 4.26. The minimum Gasteiger partial charge on any atom is -0.494 e. The number of rotatable bonds is 6. The van der Waals surface area contributed by atoms with Gasteiger partial charge in [0, 0.05) is 6.42 Å². The second kappa shape index (κ2) is 7.94. The van der Waals surface area contributed by atoms with E-state index in [1.807, 2.05) is 0 Å². The number of ether oxygens (including phenoxy) is 1. The predicted molar refractivity (Wildman–Crippen MR) is 82.7 cm³/mol. The Kier molecular flexibility index (Phi) is 5.96. The van der Waals surface area contributed by atoms with Crippen LogP contribution in [0.2, 0.25) is 0 Å². The molecule has 1 aromatic carbocycles. The zero-order chi connectivity index (χ0) is 16.8. The average Bonchev–Trinajstić information content (AvgIpc) is 2.53. The summed E-state index contributed by atoms with van der Waals surface area (Å²) in [6.07, 6.45) is 5.75. The highest BCUT2D eigenvalue weighted by atomic mass is 19.1. The minimum atomic E-state index is -1.26. The molecule has 1 fully saturated rings. The molecule has 1 atom stereocenters.